The van der Waals surface area contributed by atoms with Crippen LogP contribution in [0.1, 0.15) is 54.0 Å². The van der Waals surface area contributed by atoms with Gasteiger partial charge in [-0.3, -0.25) is 14.6 Å². The summed E-state index contributed by atoms with van der Waals surface area (Å²) >= 11 is 1.41. The predicted octanol–water partition coefficient (Wildman–Crippen LogP) is 4.71. The number of nitrogens with zero attached hydrogens (tertiary/aromatic N) is 2. The molecule has 8 nitrogen and oxygen atoms in total. The zero-order valence-electron chi connectivity index (χ0n) is 19.3. The van der Waals surface area contributed by atoms with Crippen molar-refractivity contribution >= 4 is 28.3 Å². The molecule has 0 aliphatic rings. The number of nitrogens with one attached hydrogen (secondary N) is 1. The number of esters is 1. The zero-order chi connectivity index (χ0) is 22.6. The van der Waals surface area contributed by atoms with Crippen LogP contribution in [0.25, 0.3) is 11.3 Å². The molecule has 0 saturated carbocycles. The SMILES string of the molecule is CCCCC[C@H](CCC(=O)OCc1ccccn1)C(=O)Nc1nc(-c2ccccc2)cs1.O.O.[HH].[HH]. The van der Waals surface area contributed by atoms with E-state index in [2.05, 4.69) is 22.2 Å². The van der Waals surface area contributed by atoms with Crippen molar-refractivity contribution in [1.29, 1.82) is 0 Å². The van der Waals surface area contributed by atoms with E-state index in [1.807, 2.05) is 53.9 Å². The number of thiazole rings is 1. The first kappa shape index (κ1) is 28.9. The summed E-state index contributed by atoms with van der Waals surface area (Å²) in [7, 11) is 0. The number of carbonyl (C=O) groups is 2. The topological polar surface area (TPSA) is 144 Å². The van der Waals surface area contributed by atoms with Crippen molar-refractivity contribution in [2.75, 3.05) is 5.32 Å². The van der Waals surface area contributed by atoms with Crippen LogP contribution < -0.4 is 5.32 Å². The molecule has 0 radical (unpaired) electrons. The molecule has 0 saturated heterocycles. The Labute approximate surface area is 207 Å². The molecule has 2 aromatic heterocycles. The first-order valence-electron chi connectivity index (χ1n) is 11.0. The van der Waals surface area contributed by atoms with Crippen molar-refractivity contribution in [2.24, 2.45) is 5.92 Å². The molecular formula is C25H37N3O5S. The summed E-state index contributed by atoms with van der Waals surface area (Å²) in [5.41, 5.74) is 2.56. The molecule has 9 heteroatoms. The van der Waals surface area contributed by atoms with Gasteiger partial charge in [-0.05, 0) is 25.0 Å². The maximum Gasteiger partial charge on any atom is 0.306 e. The van der Waals surface area contributed by atoms with E-state index in [0.29, 0.717) is 17.2 Å². The van der Waals surface area contributed by atoms with Crippen LogP contribution in [0.5, 0.6) is 0 Å². The molecule has 1 aromatic carbocycles. The molecule has 3 rings (SSSR count). The highest BCUT2D eigenvalue weighted by Crippen LogP contribution is 2.26. The standard InChI is InChI=1S/C25H29N3O3S.2H2O.2H2/c1-2-3-5-12-20(14-15-23(29)31-17-21-13-8-9-16-26-21)24(30)28-25-27-22(18-32-25)19-10-6-4-7-11-19;;;;/h4,6-11,13,16,18,20H,2-3,5,12,14-15,17H2,1H3,(H,27,28,30);2*1H2;2*1H/t20-;;;;/m1..../s1. The quantitative estimate of drug-likeness (QED) is 0.288. The second-order valence-corrected chi connectivity index (χ2v) is 8.46. The van der Waals surface area contributed by atoms with Crippen molar-refractivity contribution in [3.8, 4) is 11.3 Å². The number of anilines is 1. The normalized spacial score (nSPS) is 11.0. The van der Waals surface area contributed by atoms with Crippen LogP contribution in [-0.4, -0.2) is 32.8 Å². The number of rotatable bonds is 12. The largest absolute Gasteiger partial charge is 0.459 e. The summed E-state index contributed by atoms with van der Waals surface area (Å²) in [6.07, 6.45) is 6.14. The van der Waals surface area contributed by atoms with Crippen molar-refractivity contribution in [2.45, 2.75) is 52.1 Å². The Balaban J connectivity index is 0. The van der Waals surface area contributed by atoms with Gasteiger partial charge in [-0.15, -0.1) is 11.3 Å². The summed E-state index contributed by atoms with van der Waals surface area (Å²) < 4.78 is 5.31. The smallest absolute Gasteiger partial charge is 0.306 e. The van der Waals surface area contributed by atoms with Gasteiger partial charge in [0.15, 0.2) is 5.13 Å². The molecule has 2 heterocycles. The highest BCUT2D eigenvalue weighted by atomic mass is 32.1. The summed E-state index contributed by atoms with van der Waals surface area (Å²) in [6.45, 7) is 2.28. The Bertz CT molecular complexity index is 994. The third-order valence-electron chi connectivity index (χ3n) is 5.13. The molecule has 3 aromatic rings. The van der Waals surface area contributed by atoms with E-state index in [1.54, 1.807) is 6.20 Å². The van der Waals surface area contributed by atoms with Gasteiger partial charge in [0.1, 0.15) is 6.61 Å². The zero-order valence-corrected chi connectivity index (χ0v) is 20.1. The van der Waals surface area contributed by atoms with E-state index in [4.69, 9.17) is 4.74 Å². The monoisotopic (exact) mass is 491 g/mol. The van der Waals surface area contributed by atoms with Crippen LogP contribution in [0.4, 0.5) is 5.13 Å². The van der Waals surface area contributed by atoms with Crippen LogP contribution in [0, 0.1) is 5.92 Å². The fraction of sp³-hybridized carbons (Fsp3) is 0.360. The van der Waals surface area contributed by atoms with Gasteiger partial charge >= 0.3 is 5.97 Å². The third kappa shape index (κ3) is 9.38. The van der Waals surface area contributed by atoms with Gasteiger partial charge in [-0.25, -0.2) is 4.98 Å². The summed E-state index contributed by atoms with van der Waals surface area (Å²) in [5.74, 6) is -0.662. The molecule has 188 valence electrons. The Morgan fingerprint density at radius 3 is 2.53 bits per heavy atom. The number of pyridine rings is 1. The molecule has 5 N–H and O–H groups in total. The Morgan fingerprint density at radius 2 is 1.82 bits per heavy atom. The number of hydrogen-bond donors (Lipinski definition) is 1. The summed E-state index contributed by atoms with van der Waals surface area (Å²) in [5, 5.41) is 5.46. The maximum absolute atomic E-state index is 12.9. The van der Waals surface area contributed by atoms with Crippen LogP contribution in [0.2, 0.25) is 0 Å². The minimum Gasteiger partial charge on any atom is -0.459 e. The van der Waals surface area contributed by atoms with Gasteiger partial charge in [0.05, 0.1) is 11.4 Å². The van der Waals surface area contributed by atoms with Gasteiger partial charge in [0.25, 0.3) is 0 Å². The fourth-order valence-electron chi connectivity index (χ4n) is 3.33. The molecular weight excluding hydrogens is 454 g/mol. The minimum atomic E-state index is -0.315. The average Bonchev–Trinajstić information content (AvgIpc) is 3.29. The molecule has 0 aliphatic carbocycles. The van der Waals surface area contributed by atoms with E-state index in [-0.39, 0.29) is 44.6 Å². The lowest BCUT2D eigenvalue weighted by molar-refractivity contribution is -0.145. The Kier molecular flexibility index (Phi) is 13.3. The van der Waals surface area contributed by atoms with Crippen LogP contribution >= 0.6 is 11.3 Å². The minimum absolute atomic E-state index is 0. The molecule has 1 amide bonds. The number of amides is 1. The van der Waals surface area contributed by atoms with E-state index < -0.39 is 0 Å². The lowest BCUT2D eigenvalue weighted by Gasteiger charge is -2.15. The van der Waals surface area contributed by atoms with Crippen molar-refractivity contribution < 1.29 is 28.1 Å². The Hall–Kier alpha value is -3.14. The fourth-order valence-corrected chi connectivity index (χ4v) is 4.05. The lowest BCUT2D eigenvalue weighted by Crippen LogP contribution is -2.24. The number of ether oxygens (including phenoxy) is 1. The number of carbonyl (C=O) groups excluding carboxylic acids is 2. The van der Waals surface area contributed by atoms with Crippen LogP contribution in [-0.2, 0) is 20.9 Å². The van der Waals surface area contributed by atoms with Gasteiger partial charge in [0, 0.05) is 32.3 Å². The van der Waals surface area contributed by atoms with E-state index in [9.17, 15) is 9.59 Å². The molecule has 34 heavy (non-hydrogen) atoms. The van der Waals surface area contributed by atoms with Crippen LogP contribution in [0.15, 0.2) is 60.1 Å². The molecule has 0 bridgehead atoms. The highest BCUT2D eigenvalue weighted by Gasteiger charge is 2.21. The first-order valence-corrected chi connectivity index (χ1v) is 11.9. The maximum atomic E-state index is 12.9. The lowest BCUT2D eigenvalue weighted by atomic mass is 9.95. The van der Waals surface area contributed by atoms with Gasteiger partial charge in [-0.2, -0.15) is 0 Å². The van der Waals surface area contributed by atoms with Gasteiger partial charge < -0.3 is 21.0 Å². The van der Waals surface area contributed by atoms with Crippen LogP contribution in [0.3, 0.4) is 0 Å². The second kappa shape index (κ2) is 15.7. The van der Waals surface area contributed by atoms with E-state index in [1.165, 1.54) is 11.3 Å². The number of aromatic nitrogens is 2. The highest BCUT2D eigenvalue weighted by molar-refractivity contribution is 7.14. The second-order valence-electron chi connectivity index (χ2n) is 7.61. The first-order chi connectivity index (χ1) is 15.7. The van der Waals surface area contributed by atoms with Gasteiger partial charge in [-0.1, -0.05) is 62.6 Å². The van der Waals surface area contributed by atoms with Crippen molar-refractivity contribution in [3.05, 3.63) is 65.8 Å². The molecule has 0 spiro atoms. The summed E-state index contributed by atoms with van der Waals surface area (Å²) in [6, 6.07) is 15.3. The number of hydrogen-bond acceptors (Lipinski definition) is 6. The summed E-state index contributed by atoms with van der Waals surface area (Å²) in [4.78, 5) is 33.8. The third-order valence-corrected chi connectivity index (χ3v) is 5.89. The predicted molar refractivity (Wildman–Crippen MR) is 139 cm³/mol. The van der Waals surface area contributed by atoms with Gasteiger partial charge in [0.2, 0.25) is 5.91 Å². The van der Waals surface area contributed by atoms with Crippen molar-refractivity contribution in [3.63, 3.8) is 0 Å². The molecule has 0 aliphatic heterocycles. The van der Waals surface area contributed by atoms with Crippen molar-refractivity contribution in [1.82, 2.24) is 9.97 Å². The molecule has 0 unspecified atom stereocenters. The number of unbranched alkanes of at least 4 members (excludes halogenated alkanes) is 2. The molecule has 1 atom stereocenters. The van der Waals surface area contributed by atoms with E-state index >= 15 is 0 Å². The molecule has 0 fully saturated rings. The Morgan fingerprint density at radius 1 is 1.06 bits per heavy atom. The van der Waals surface area contributed by atoms with E-state index in [0.717, 1.165) is 36.9 Å². The average molecular weight is 492 g/mol. The number of benzene rings is 1.